The van der Waals surface area contributed by atoms with Crippen molar-refractivity contribution >= 4 is 9.52 Å². The Morgan fingerprint density at radius 3 is 1.80 bits per heavy atom. The molecule has 0 unspecified atom stereocenters. The number of rotatable bonds is 1. The quantitative estimate of drug-likeness (QED) is 0.424. The van der Waals surface area contributed by atoms with E-state index >= 15 is 0 Å². The van der Waals surface area contributed by atoms with Gasteiger partial charge in [-0.15, -0.1) is 0 Å². The van der Waals surface area contributed by atoms with Crippen LogP contribution in [0.3, 0.4) is 0 Å². The smallest absolute Gasteiger partial charge is 0.216 e. The lowest BCUT2D eigenvalue weighted by atomic mass is 11.7. The van der Waals surface area contributed by atoms with Gasteiger partial charge in [-0.2, -0.15) is 0 Å². The maximum Gasteiger partial charge on any atom is 0.216 e. The first-order valence-corrected chi connectivity index (χ1v) is 2.80. The SMILES string of the molecule is C[Si]C(F)F. The monoisotopic (exact) mass is 94.0 g/mol. The Hall–Kier alpha value is 0.0769. The zero-order chi connectivity index (χ0) is 4.28. The summed E-state index contributed by atoms with van der Waals surface area (Å²) in [6, 6.07) is -2.09. The molecule has 5 heavy (non-hydrogen) atoms. The van der Waals surface area contributed by atoms with Crippen molar-refractivity contribution in [3.05, 3.63) is 0 Å². The summed E-state index contributed by atoms with van der Waals surface area (Å²) >= 11 is 0. The van der Waals surface area contributed by atoms with Crippen LogP contribution in [0, 0.1) is 0 Å². The molecule has 0 spiro atoms. The van der Waals surface area contributed by atoms with Gasteiger partial charge in [-0.3, -0.25) is 0 Å². The number of halogens is 2. The van der Waals surface area contributed by atoms with Gasteiger partial charge in [0.05, 0.1) is 0 Å². The van der Waals surface area contributed by atoms with E-state index in [0.717, 1.165) is 0 Å². The molecule has 0 atom stereocenters. The van der Waals surface area contributed by atoms with Crippen LogP contribution in [0.4, 0.5) is 8.78 Å². The first kappa shape index (κ1) is 5.08. The van der Waals surface area contributed by atoms with Crippen molar-refractivity contribution in [2.24, 2.45) is 0 Å². The van der Waals surface area contributed by atoms with Crippen molar-refractivity contribution in [1.29, 1.82) is 0 Å². The first-order valence-electron chi connectivity index (χ1n) is 1.23. The highest BCUT2D eigenvalue weighted by atomic mass is 28.2. The van der Waals surface area contributed by atoms with Gasteiger partial charge in [0.2, 0.25) is 6.05 Å². The van der Waals surface area contributed by atoms with E-state index in [1.165, 1.54) is 6.55 Å². The molecule has 2 radical (unpaired) electrons. The summed E-state index contributed by atoms with van der Waals surface area (Å²) in [6.07, 6.45) is 0. The molecule has 0 amide bonds. The van der Waals surface area contributed by atoms with Crippen LogP contribution in [0.1, 0.15) is 0 Å². The molecule has 0 heterocycles. The van der Waals surface area contributed by atoms with Crippen LogP contribution in [0.2, 0.25) is 6.55 Å². The van der Waals surface area contributed by atoms with Crippen LogP contribution in [-0.2, 0) is 0 Å². The molecule has 0 saturated heterocycles. The van der Waals surface area contributed by atoms with E-state index < -0.39 is 6.05 Å². The second-order valence-corrected chi connectivity index (χ2v) is 1.60. The molecule has 0 rings (SSSR count). The number of hydrogen-bond acceptors (Lipinski definition) is 0. The maximum absolute atomic E-state index is 10.8. The minimum Gasteiger partial charge on any atom is -0.216 e. The fourth-order valence-electron chi connectivity index (χ4n) is 0. The number of hydrogen-bond donors (Lipinski definition) is 0. The average molecular weight is 94.1 g/mol. The van der Waals surface area contributed by atoms with E-state index in [9.17, 15) is 8.78 Å². The highest BCUT2D eigenvalue weighted by Crippen LogP contribution is 1.84. The fourth-order valence-corrected chi connectivity index (χ4v) is 0. The Balaban J connectivity index is 2.54. The molecule has 0 aromatic heterocycles. The summed E-state index contributed by atoms with van der Waals surface area (Å²) in [6.45, 7) is 1.48. The van der Waals surface area contributed by atoms with E-state index in [1.807, 2.05) is 0 Å². The summed E-state index contributed by atoms with van der Waals surface area (Å²) in [5, 5.41) is 0. The lowest BCUT2D eigenvalue weighted by molar-refractivity contribution is 0.238. The molecule has 0 N–H and O–H groups in total. The summed E-state index contributed by atoms with van der Waals surface area (Å²) in [5.41, 5.74) is 0. The zero-order valence-corrected chi connectivity index (χ0v) is 3.83. The van der Waals surface area contributed by atoms with Crippen molar-refractivity contribution in [3.63, 3.8) is 0 Å². The van der Waals surface area contributed by atoms with Crippen LogP contribution in [0.25, 0.3) is 0 Å². The maximum atomic E-state index is 10.8. The molecule has 0 aliphatic heterocycles. The van der Waals surface area contributed by atoms with E-state index in [0.29, 0.717) is 0 Å². The Bertz CT molecular complexity index is 21.6. The summed E-state index contributed by atoms with van der Waals surface area (Å²) in [7, 11) is -0.219. The summed E-state index contributed by atoms with van der Waals surface area (Å²) in [5.74, 6) is 0. The lowest BCUT2D eigenvalue weighted by Crippen LogP contribution is -1.95. The normalized spacial score (nSPS) is 9.60. The summed E-state index contributed by atoms with van der Waals surface area (Å²) < 4.78 is 21.6. The minimum atomic E-state index is -2.09. The van der Waals surface area contributed by atoms with Crippen molar-refractivity contribution in [3.8, 4) is 0 Å². The van der Waals surface area contributed by atoms with Crippen molar-refractivity contribution < 1.29 is 8.78 Å². The Labute approximate surface area is 32.0 Å². The van der Waals surface area contributed by atoms with E-state index in [2.05, 4.69) is 0 Å². The van der Waals surface area contributed by atoms with Gasteiger partial charge in [0, 0.05) is 0 Å². The predicted molar refractivity (Wildman–Crippen MR) is 17.6 cm³/mol. The standard InChI is InChI=1S/C2H4F2Si/c1-5-2(3)4/h2H,1H3. The molecule has 0 aromatic rings. The molecule has 0 saturated carbocycles. The average Bonchev–Trinajstić information content (AvgIpc) is 1.38. The molecular weight excluding hydrogens is 90.1 g/mol. The van der Waals surface area contributed by atoms with Crippen LogP contribution in [0.15, 0.2) is 0 Å². The Morgan fingerprint density at radius 1 is 1.60 bits per heavy atom. The second-order valence-electron chi connectivity index (χ2n) is 0.589. The van der Waals surface area contributed by atoms with Gasteiger partial charge in [-0.25, -0.2) is 8.78 Å². The van der Waals surface area contributed by atoms with E-state index in [-0.39, 0.29) is 9.52 Å². The van der Waals surface area contributed by atoms with Crippen LogP contribution < -0.4 is 0 Å². The van der Waals surface area contributed by atoms with Crippen molar-refractivity contribution in [2.45, 2.75) is 12.6 Å². The number of alkyl halides is 2. The third-order valence-electron chi connectivity index (χ3n) is 0.218. The molecule has 0 aliphatic carbocycles. The third kappa shape index (κ3) is 4.08. The van der Waals surface area contributed by atoms with Gasteiger partial charge >= 0.3 is 0 Å². The van der Waals surface area contributed by atoms with Crippen LogP contribution >= 0.6 is 0 Å². The highest BCUT2D eigenvalue weighted by molar-refractivity contribution is 6.34. The van der Waals surface area contributed by atoms with Crippen molar-refractivity contribution in [2.75, 3.05) is 0 Å². The molecular formula is C2H4F2Si. The van der Waals surface area contributed by atoms with Gasteiger partial charge in [-0.1, -0.05) is 6.55 Å². The second kappa shape index (κ2) is 2.32. The minimum absolute atomic E-state index is 0.219. The van der Waals surface area contributed by atoms with Gasteiger partial charge in [-0.05, 0) is 0 Å². The van der Waals surface area contributed by atoms with Crippen molar-refractivity contribution in [1.82, 2.24) is 0 Å². The molecule has 0 bridgehead atoms. The Morgan fingerprint density at radius 2 is 1.80 bits per heavy atom. The third-order valence-corrected chi connectivity index (χ3v) is 0.655. The molecule has 30 valence electrons. The van der Waals surface area contributed by atoms with E-state index in [1.54, 1.807) is 0 Å². The fraction of sp³-hybridized carbons (Fsp3) is 1.00. The van der Waals surface area contributed by atoms with Gasteiger partial charge in [0.1, 0.15) is 9.52 Å². The Kier molecular flexibility index (Phi) is 2.36. The zero-order valence-electron chi connectivity index (χ0n) is 2.83. The first-order chi connectivity index (χ1) is 2.27. The largest absolute Gasteiger partial charge is 0.216 e. The molecule has 0 aliphatic rings. The van der Waals surface area contributed by atoms with Gasteiger partial charge in [0.25, 0.3) is 0 Å². The highest BCUT2D eigenvalue weighted by Gasteiger charge is 1.93. The van der Waals surface area contributed by atoms with E-state index in [4.69, 9.17) is 0 Å². The molecule has 0 fully saturated rings. The van der Waals surface area contributed by atoms with Gasteiger partial charge in [0.15, 0.2) is 0 Å². The van der Waals surface area contributed by atoms with Crippen LogP contribution in [-0.4, -0.2) is 15.6 Å². The topological polar surface area (TPSA) is 0 Å². The molecule has 0 aromatic carbocycles. The van der Waals surface area contributed by atoms with Gasteiger partial charge < -0.3 is 0 Å². The lowest BCUT2D eigenvalue weighted by Gasteiger charge is -1.79. The summed E-state index contributed by atoms with van der Waals surface area (Å²) in [4.78, 5) is 0. The predicted octanol–water partition coefficient (Wildman–Crippen LogP) is 0.961. The molecule has 0 nitrogen and oxygen atoms in total. The molecule has 3 heteroatoms. The van der Waals surface area contributed by atoms with Crippen LogP contribution in [0.5, 0.6) is 0 Å².